The summed E-state index contributed by atoms with van der Waals surface area (Å²) in [6.45, 7) is 2.27. The van der Waals surface area contributed by atoms with E-state index in [4.69, 9.17) is 34.3 Å². The van der Waals surface area contributed by atoms with Crippen LogP contribution in [0.5, 0.6) is 0 Å². The van der Waals surface area contributed by atoms with Crippen LogP contribution in [0.3, 0.4) is 0 Å². The Balaban J connectivity index is 1.43. The highest BCUT2D eigenvalue weighted by atomic mass is 35.5. The molecule has 1 saturated carbocycles. The number of primary amides is 1. The van der Waals surface area contributed by atoms with Gasteiger partial charge >= 0.3 is 0 Å². The number of anilines is 1. The highest BCUT2D eigenvalue weighted by Crippen LogP contribution is 2.49. The zero-order valence-electron chi connectivity index (χ0n) is 23.3. The molecule has 0 spiro atoms. The van der Waals surface area contributed by atoms with Gasteiger partial charge in [-0.3, -0.25) is 9.59 Å². The van der Waals surface area contributed by atoms with Crippen LogP contribution in [-0.2, 0) is 20.0 Å². The molecule has 3 aliphatic rings. The molecule has 2 amide bonds. The molecule has 1 atom stereocenters. The van der Waals surface area contributed by atoms with Gasteiger partial charge < -0.3 is 26.3 Å². The monoisotopic (exact) mass is 635 g/mol. The van der Waals surface area contributed by atoms with E-state index in [1.807, 2.05) is 6.07 Å². The maximum absolute atomic E-state index is 14.7. The predicted molar refractivity (Wildman–Crippen MR) is 163 cm³/mol. The van der Waals surface area contributed by atoms with Crippen molar-refractivity contribution in [1.29, 1.82) is 5.41 Å². The molecule has 224 valence electrons. The lowest BCUT2D eigenvalue weighted by Crippen LogP contribution is -2.48. The molecule has 2 saturated heterocycles. The molecule has 0 aromatic heterocycles. The molecule has 0 bridgehead atoms. The van der Waals surface area contributed by atoms with Crippen molar-refractivity contribution in [2.75, 3.05) is 43.1 Å². The van der Waals surface area contributed by atoms with Crippen LogP contribution in [0.15, 0.2) is 35.9 Å². The largest absolute Gasteiger partial charge is 0.387 e. The maximum Gasteiger partial charge on any atom is 0.256 e. The van der Waals surface area contributed by atoms with Gasteiger partial charge in [0.1, 0.15) is 5.82 Å². The van der Waals surface area contributed by atoms with E-state index in [9.17, 15) is 22.4 Å². The van der Waals surface area contributed by atoms with Gasteiger partial charge in [-0.15, -0.1) is 0 Å². The van der Waals surface area contributed by atoms with Crippen LogP contribution in [0, 0.1) is 11.2 Å². The Morgan fingerprint density at radius 3 is 2.36 bits per heavy atom. The van der Waals surface area contributed by atoms with Gasteiger partial charge in [0, 0.05) is 43.0 Å². The Morgan fingerprint density at radius 1 is 1.10 bits per heavy atom. The van der Waals surface area contributed by atoms with Gasteiger partial charge in [0.05, 0.1) is 44.9 Å². The highest BCUT2D eigenvalue weighted by Gasteiger charge is 2.50. The fourth-order valence-electron chi connectivity index (χ4n) is 5.86. The molecule has 3 fully saturated rings. The first-order valence-corrected chi connectivity index (χ1v) is 16.2. The number of amides is 2. The smallest absolute Gasteiger partial charge is 0.256 e. The van der Waals surface area contributed by atoms with Crippen molar-refractivity contribution in [3.8, 4) is 0 Å². The van der Waals surface area contributed by atoms with Gasteiger partial charge in [0.15, 0.2) is 9.84 Å². The molecule has 2 aromatic carbocycles. The van der Waals surface area contributed by atoms with Gasteiger partial charge in [-0.25, -0.2) is 12.8 Å². The van der Waals surface area contributed by atoms with E-state index in [0.717, 1.165) is 11.6 Å². The Bertz CT molecular complexity index is 1630. The minimum Gasteiger partial charge on any atom is -0.387 e. The fraction of sp³-hybridized carbons (Fsp3) is 0.414. The topological polar surface area (TPSA) is 137 Å². The number of carbonyl (C=O) groups excluding carboxylic acids is 2. The number of carbonyl (C=O) groups is 2. The van der Waals surface area contributed by atoms with Gasteiger partial charge in [-0.1, -0.05) is 23.2 Å². The first-order chi connectivity index (χ1) is 19.8. The number of likely N-dealkylation sites (tertiary alicyclic amines) is 1. The van der Waals surface area contributed by atoms with E-state index in [1.54, 1.807) is 31.0 Å². The number of rotatable bonds is 6. The van der Waals surface area contributed by atoms with Crippen molar-refractivity contribution in [3.63, 3.8) is 0 Å². The normalized spacial score (nSPS) is 22.5. The Hall–Kier alpha value is -3.15. The minimum absolute atomic E-state index is 0.0401. The van der Waals surface area contributed by atoms with Crippen LogP contribution in [0.1, 0.15) is 47.7 Å². The lowest BCUT2D eigenvalue weighted by Gasteiger charge is -2.37. The van der Waals surface area contributed by atoms with Gasteiger partial charge in [-0.05, 0) is 67.6 Å². The van der Waals surface area contributed by atoms with Crippen molar-refractivity contribution in [3.05, 3.63) is 68.5 Å². The third kappa shape index (κ3) is 5.49. The Morgan fingerprint density at radius 2 is 1.76 bits per heavy atom. The number of hydrogen-bond donors (Lipinski definition) is 3. The van der Waals surface area contributed by atoms with Crippen molar-refractivity contribution in [2.45, 2.75) is 37.6 Å². The van der Waals surface area contributed by atoms with Gasteiger partial charge in [-0.2, -0.15) is 0 Å². The van der Waals surface area contributed by atoms with Crippen LogP contribution >= 0.6 is 23.2 Å². The first kappa shape index (κ1) is 30.3. The van der Waals surface area contributed by atoms with E-state index < -0.39 is 38.9 Å². The Kier molecular flexibility index (Phi) is 8.06. The van der Waals surface area contributed by atoms with Crippen LogP contribution in [0.4, 0.5) is 10.1 Å². The summed E-state index contributed by atoms with van der Waals surface area (Å²) in [4.78, 5) is 29.0. The van der Waals surface area contributed by atoms with Crippen molar-refractivity contribution < 1.29 is 22.4 Å². The van der Waals surface area contributed by atoms with Gasteiger partial charge in [0.2, 0.25) is 5.91 Å². The number of nitrogens with zero attached hydrogens (tertiary/aromatic N) is 2. The second-order valence-electron chi connectivity index (χ2n) is 11.0. The average Bonchev–Trinajstić information content (AvgIpc) is 3.75. The summed E-state index contributed by atoms with van der Waals surface area (Å²) in [7, 11) is -1.43. The zero-order chi connectivity index (χ0) is 30.6. The van der Waals surface area contributed by atoms with E-state index in [-0.39, 0.29) is 53.1 Å². The number of hydrogen-bond acceptors (Lipinski definition) is 7. The lowest BCUT2D eigenvalue weighted by atomic mass is 9.88. The summed E-state index contributed by atoms with van der Waals surface area (Å²) in [5.74, 6) is -1.74. The second-order valence-corrected chi connectivity index (χ2v) is 14.2. The quantitative estimate of drug-likeness (QED) is 0.442. The second kappa shape index (κ2) is 11.2. The van der Waals surface area contributed by atoms with Gasteiger partial charge in [0.25, 0.3) is 5.91 Å². The SMILES string of the molecule is CN/C(=C1/CCN(C(=O)c2cc(F)cc(N3CCS(=O)(=O)CC3)c2Cl)[C@H](C)C1=N)c1cc(Cl)cc(C2(C(N)=O)CC2)c1. The summed E-state index contributed by atoms with van der Waals surface area (Å²) in [5, 5.41) is 12.7. The van der Waals surface area contributed by atoms with Crippen molar-refractivity contribution in [2.24, 2.45) is 5.73 Å². The van der Waals surface area contributed by atoms with Crippen LogP contribution in [0.25, 0.3) is 5.70 Å². The number of nitrogens with one attached hydrogen (secondary N) is 2. The summed E-state index contributed by atoms with van der Waals surface area (Å²) >= 11 is 13.1. The average molecular weight is 637 g/mol. The predicted octanol–water partition coefficient (Wildman–Crippen LogP) is 3.77. The number of piperidine rings is 1. The molecule has 9 nitrogen and oxygen atoms in total. The lowest BCUT2D eigenvalue weighted by molar-refractivity contribution is -0.120. The third-order valence-electron chi connectivity index (χ3n) is 8.52. The van der Waals surface area contributed by atoms with Crippen LogP contribution in [-0.4, -0.2) is 75.1 Å². The van der Waals surface area contributed by atoms with E-state index in [0.29, 0.717) is 41.1 Å². The first-order valence-electron chi connectivity index (χ1n) is 13.6. The summed E-state index contributed by atoms with van der Waals surface area (Å²) in [5.41, 5.74) is 8.18. The molecule has 0 unspecified atom stereocenters. The fourth-order valence-corrected chi connectivity index (χ4v) is 7.60. The number of benzene rings is 2. The number of halogens is 3. The third-order valence-corrected chi connectivity index (χ3v) is 10.7. The molecule has 13 heteroatoms. The molecule has 2 aromatic rings. The molecule has 1 aliphatic carbocycles. The maximum atomic E-state index is 14.7. The molecular weight excluding hydrogens is 604 g/mol. The summed E-state index contributed by atoms with van der Waals surface area (Å²) in [6, 6.07) is 7.01. The summed E-state index contributed by atoms with van der Waals surface area (Å²) in [6.07, 6.45) is 1.63. The van der Waals surface area contributed by atoms with Crippen molar-refractivity contribution in [1.82, 2.24) is 10.2 Å². The highest BCUT2D eigenvalue weighted by molar-refractivity contribution is 7.91. The van der Waals surface area contributed by atoms with E-state index in [2.05, 4.69) is 5.32 Å². The van der Waals surface area contributed by atoms with Crippen LogP contribution in [0.2, 0.25) is 10.0 Å². The molecule has 2 heterocycles. The van der Waals surface area contributed by atoms with Crippen LogP contribution < -0.4 is 16.0 Å². The molecule has 5 rings (SSSR count). The Labute approximate surface area is 254 Å². The summed E-state index contributed by atoms with van der Waals surface area (Å²) < 4.78 is 38.5. The molecule has 2 aliphatic heterocycles. The number of sulfone groups is 1. The zero-order valence-corrected chi connectivity index (χ0v) is 25.6. The molecule has 42 heavy (non-hydrogen) atoms. The van der Waals surface area contributed by atoms with E-state index >= 15 is 0 Å². The number of nitrogens with two attached hydrogens (primary N) is 1. The van der Waals surface area contributed by atoms with Crippen molar-refractivity contribution >= 4 is 61.9 Å². The molecular formula is C29H32Cl2FN5O4S. The minimum atomic E-state index is -3.17. The molecule has 4 N–H and O–H groups in total. The van der Waals surface area contributed by atoms with E-state index in [1.165, 1.54) is 11.0 Å². The standard InChI is InChI=1S/C29H32Cl2FN5O4S/c1-16-25(33)21(26(35-2)17-11-18(13-19(30)12-17)29(4-5-29)28(34)39)3-6-37(16)27(38)22-14-20(32)15-23(24(22)31)36-7-9-42(40,41)10-8-36/h11-16,33,35H,3-10H2,1-2H3,(H2,34,39)/b26-21-,33-25?/t16-/m1/s1. The molecule has 0 radical (unpaired) electrons.